The maximum absolute atomic E-state index is 12.1. The average molecular weight is 290 g/mol. The van der Waals surface area contributed by atoms with Crippen molar-refractivity contribution in [2.45, 2.75) is 26.7 Å². The molecule has 1 aliphatic heterocycles. The minimum atomic E-state index is -0.762. The second-order valence-electron chi connectivity index (χ2n) is 5.85. The number of carboxylic acid groups (broad SMARTS) is 1. The van der Waals surface area contributed by atoms with E-state index in [0.29, 0.717) is 13.1 Å². The molecule has 5 nitrogen and oxygen atoms in total. The third kappa shape index (κ3) is 4.56. The summed E-state index contributed by atoms with van der Waals surface area (Å²) in [7, 11) is 0. The molecule has 1 heterocycles. The van der Waals surface area contributed by atoms with Gasteiger partial charge in [-0.3, -0.25) is 14.5 Å². The highest BCUT2D eigenvalue weighted by atomic mass is 16.4. The van der Waals surface area contributed by atoms with Crippen LogP contribution in [-0.2, 0) is 9.59 Å². The number of carboxylic acids is 1. The maximum Gasteiger partial charge on any atom is 0.303 e. The van der Waals surface area contributed by atoms with Gasteiger partial charge >= 0.3 is 5.97 Å². The van der Waals surface area contributed by atoms with Crippen molar-refractivity contribution >= 4 is 17.6 Å². The third-order valence-corrected chi connectivity index (χ3v) is 3.87. The number of hydrogen-bond donors (Lipinski definition) is 2. The minimum absolute atomic E-state index is 0.0420. The average Bonchev–Trinajstić information content (AvgIpc) is 2.80. The van der Waals surface area contributed by atoms with Crippen molar-refractivity contribution in [2.24, 2.45) is 5.92 Å². The number of aliphatic carboxylic acids is 1. The summed E-state index contributed by atoms with van der Waals surface area (Å²) >= 11 is 0. The van der Waals surface area contributed by atoms with Crippen LogP contribution in [0, 0.1) is 19.8 Å². The molecular formula is C16H22N2O3. The number of anilines is 1. The van der Waals surface area contributed by atoms with Crippen LogP contribution in [0.4, 0.5) is 5.69 Å². The van der Waals surface area contributed by atoms with Crippen molar-refractivity contribution in [1.29, 1.82) is 0 Å². The molecule has 1 aliphatic rings. The number of likely N-dealkylation sites (tertiary alicyclic amines) is 1. The van der Waals surface area contributed by atoms with Crippen LogP contribution in [0.2, 0.25) is 0 Å². The number of aryl methyl sites for hydroxylation is 2. The van der Waals surface area contributed by atoms with Gasteiger partial charge in [0.25, 0.3) is 0 Å². The van der Waals surface area contributed by atoms with Crippen LogP contribution in [0.15, 0.2) is 18.2 Å². The molecule has 1 aromatic carbocycles. The van der Waals surface area contributed by atoms with Gasteiger partial charge in [0, 0.05) is 18.7 Å². The van der Waals surface area contributed by atoms with Gasteiger partial charge in [0.15, 0.2) is 0 Å². The van der Waals surface area contributed by atoms with Gasteiger partial charge in [-0.05, 0) is 49.9 Å². The van der Waals surface area contributed by atoms with Crippen LogP contribution in [0.25, 0.3) is 0 Å². The number of hydrogen-bond acceptors (Lipinski definition) is 3. The number of rotatable bonds is 5. The second-order valence-corrected chi connectivity index (χ2v) is 5.85. The molecule has 21 heavy (non-hydrogen) atoms. The molecule has 0 aliphatic carbocycles. The topological polar surface area (TPSA) is 69.6 Å². The van der Waals surface area contributed by atoms with Gasteiger partial charge in [-0.25, -0.2) is 0 Å². The molecule has 1 unspecified atom stereocenters. The fourth-order valence-corrected chi connectivity index (χ4v) is 2.73. The molecule has 0 bridgehead atoms. The third-order valence-electron chi connectivity index (χ3n) is 3.87. The Labute approximate surface area is 125 Å². The number of benzene rings is 1. The van der Waals surface area contributed by atoms with Crippen LogP contribution in [0.5, 0.6) is 0 Å². The summed E-state index contributed by atoms with van der Waals surface area (Å²) in [4.78, 5) is 24.8. The Morgan fingerprint density at radius 3 is 2.86 bits per heavy atom. The van der Waals surface area contributed by atoms with Gasteiger partial charge in [0.1, 0.15) is 0 Å². The van der Waals surface area contributed by atoms with Gasteiger partial charge in [0.2, 0.25) is 5.91 Å². The van der Waals surface area contributed by atoms with E-state index in [2.05, 4.69) is 5.32 Å². The Hall–Kier alpha value is -1.88. The van der Waals surface area contributed by atoms with Crippen LogP contribution < -0.4 is 5.32 Å². The smallest absolute Gasteiger partial charge is 0.303 e. The van der Waals surface area contributed by atoms with Crippen molar-refractivity contribution in [2.75, 3.05) is 25.0 Å². The second kappa shape index (κ2) is 6.72. The Bertz CT molecular complexity index is 542. The summed E-state index contributed by atoms with van der Waals surface area (Å²) in [5, 5.41) is 11.7. The molecule has 1 aromatic rings. The lowest BCUT2D eigenvalue weighted by Gasteiger charge is -2.16. The highest BCUT2D eigenvalue weighted by Gasteiger charge is 2.25. The summed E-state index contributed by atoms with van der Waals surface area (Å²) in [6, 6.07) is 5.97. The number of carbonyl (C=O) groups excluding carboxylic acids is 1. The fraction of sp³-hybridized carbons (Fsp3) is 0.500. The van der Waals surface area contributed by atoms with Crippen LogP contribution >= 0.6 is 0 Å². The van der Waals surface area contributed by atoms with Gasteiger partial charge in [-0.2, -0.15) is 0 Å². The largest absolute Gasteiger partial charge is 0.481 e. The molecule has 0 spiro atoms. The zero-order chi connectivity index (χ0) is 15.4. The SMILES string of the molecule is Cc1ccc(C)c(NC(=O)CN2CCC(CC(=O)O)C2)c1. The predicted molar refractivity (Wildman–Crippen MR) is 81.3 cm³/mol. The van der Waals surface area contributed by atoms with E-state index in [1.54, 1.807) is 0 Å². The highest BCUT2D eigenvalue weighted by Crippen LogP contribution is 2.20. The van der Waals surface area contributed by atoms with E-state index in [-0.39, 0.29) is 18.2 Å². The van der Waals surface area contributed by atoms with E-state index < -0.39 is 5.97 Å². The van der Waals surface area contributed by atoms with Crippen LogP contribution in [0.3, 0.4) is 0 Å². The van der Waals surface area contributed by atoms with Gasteiger partial charge in [-0.1, -0.05) is 12.1 Å². The van der Waals surface area contributed by atoms with E-state index in [1.165, 1.54) is 0 Å². The molecule has 0 saturated carbocycles. The summed E-state index contributed by atoms with van der Waals surface area (Å²) in [6.07, 6.45) is 1.04. The molecule has 2 rings (SSSR count). The molecule has 5 heteroatoms. The number of nitrogens with zero attached hydrogens (tertiary/aromatic N) is 1. The monoisotopic (exact) mass is 290 g/mol. The minimum Gasteiger partial charge on any atom is -0.481 e. The van der Waals surface area contributed by atoms with Gasteiger partial charge in [-0.15, -0.1) is 0 Å². The first-order valence-corrected chi connectivity index (χ1v) is 7.25. The summed E-state index contributed by atoms with van der Waals surface area (Å²) in [6.45, 7) is 5.76. The van der Waals surface area contributed by atoms with E-state index >= 15 is 0 Å². The molecule has 0 aromatic heterocycles. The normalized spacial score (nSPS) is 18.7. The fourth-order valence-electron chi connectivity index (χ4n) is 2.73. The number of amides is 1. The van der Waals surface area contributed by atoms with Crippen LogP contribution in [0.1, 0.15) is 24.0 Å². The molecule has 114 valence electrons. The molecule has 1 atom stereocenters. The van der Waals surface area contributed by atoms with E-state index in [1.807, 2.05) is 36.9 Å². The number of nitrogens with one attached hydrogen (secondary N) is 1. The van der Waals surface area contributed by atoms with Crippen molar-refractivity contribution in [3.05, 3.63) is 29.3 Å². The molecule has 1 saturated heterocycles. The van der Waals surface area contributed by atoms with E-state index in [9.17, 15) is 9.59 Å². The molecule has 1 amide bonds. The summed E-state index contributed by atoms with van der Waals surface area (Å²) in [5.74, 6) is -0.641. The Balaban J connectivity index is 1.85. The molecule has 1 fully saturated rings. The van der Waals surface area contributed by atoms with Crippen molar-refractivity contribution in [3.8, 4) is 0 Å². The first-order chi connectivity index (χ1) is 9.94. The predicted octanol–water partition coefficient (Wildman–Crippen LogP) is 2.04. The summed E-state index contributed by atoms with van der Waals surface area (Å²) < 4.78 is 0. The first-order valence-electron chi connectivity index (χ1n) is 7.25. The van der Waals surface area contributed by atoms with E-state index in [4.69, 9.17) is 5.11 Å². The van der Waals surface area contributed by atoms with Crippen molar-refractivity contribution < 1.29 is 14.7 Å². The Morgan fingerprint density at radius 2 is 2.14 bits per heavy atom. The lowest BCUT2D eigenvalue weighted by molar-refractivity contribution is -0.138. The van der Waals surface area contributed by atoms with Gasteiger partial charge < -0.3 is 10.4 Å². The highest BCUT2D eigenvalue weighted by molar-refractivity contribution is 5.93. The standard InChI is InChI=1S/C16H22N2O3/c1-11-3-4-12(2)14(7-11)17-15(19)10-18-6-5-13(9-18)8-16(20)21/h3-4,7,13H,5-6,8-10H2,1-2H3,(H,17,19)(H,20,21). The quantitative estimate of drug-likeness (QED) is 0.870. The number of carbonyl (C=O) groups is 2. The first kappa shape index (κ1) is 15.5. The lowest BCUT2D eigenvalue weighted by Crippen LogP contribution is -2.32. The van der Waals surface area contributed by atoms with E-state index in [0.717, 1.165) is 29.8 Å². The van der Waals surface area contributed by atoms with Crippen LogP contribution in [-0.4, -0.2) is 41.5 Å². The molecule has 2 N–H and O–H groups in total. The Morgan fingerprint density at radius 1 is 1.38 bits per heavy atom. The van der Waals surface area contributed by atoms with Crippen molar-refractivity contribution in [1.82, 2.24) is 4.90 Å². The summed E-state index contributed by atoms with van der Waals surface area (Å²) in [5.41, 5.74) is 3.00. The zero-order valence-corrected chi connectivity index (χ0v) is 12.6. The van der Waals surface area contributed by atoms with Gasteiger partial charge in [0.05, 0.1) is 6.54 Å². The maximum atomic E-state index is 12.1. The van der Waals surface area contributed by atoms with Crippen molar-refractivity contribution in [3.63, 3.8) is 0 Å². The lowest BCUT2D eigenvalue weighted by atomic mass is 10.1. The molecular weight excluding hydrogens is 268 g/mol. The zero-order valence-electron chi connectivity index (χ0n) is 12.6. The molecule has 0 radical (unpaired) electrons. The Kier molecular flexibility index (Phi) is 4.96.